The van der Waals surface area contributed by atoms with Crippen molar-refractivity contribution in [1.82, 2.24) is 0 Å². The van der Waals surface area contributed by atoms with E-state index < -0.39 is 22.6 Å². The summed E-state index contributed by atoms with van der Waals surface area (Å²) in [6, 6.07) is 14.0. The molecule has 1 unspecified atom stereocenters. The van der Waals surface area contributed by atoms with Crippen molar-refractivity contribution < 1.29 is 24.0 Å². The normalized spacial score (nSPS) is 17.6. The number of nitriles is 1. The average Bonchev–Trinajstić information content (AvgIpc) is 2.91. The van der Waals surface area contributed by atoms with Crippen molar-refractivity contribution >= 4 is 23.4 Å². The third-order valence-corrected chi connectivity index (χ3v) is 4.26. The Morgan fingerprint density at radius 2 is 1.93 bits per heavy atom. The molecule has 1 aliphatic heterocycles. The van der Waals surface area contributed by atoms with Crippen LogP contribution in [0.25, 0.3) is 0 Å². The highest BCUT2D eigenvalue weighted by molar-refractivity contribution is 6.09. The Balaban J connectivity index is 1.97. The number of carbonyl (C=O) groups excluding carboxylic acids is 2. The predicted octanol–water partition coefficient (Wildman–Crippen LogP) is 3.03. The van der Waals surface area contributed by atoms with Gasteiger partial charge < -0.3 is 14.4 Å². The van der Waals surface area contributed by atoms with Crippen molar-refractivity contribution in [2.45, 2.75) is 19.1 Å². The van der Waals surface area contributed by atoms with Gasteiger partial charge in [0.2, 0.25) is 0 Å². The average molecular weight is 381 g/mol. The van der Waals surface area contributed by atoms with Gasteiger partial charge in [-0.1, -0.05) is 30.3 Å². The molecule has 142 valence electrons. The lowest BCUT2D eigenvalue weighted by atomic mass is 9.97. The fraction of sp³-hybridized carbons (Fsp3) is 0.211. The maximum absolute atomic E-state index is 13.1. The zero-order valence-corrected chi connectivity index (χ0v) is 14.8. The molecular weight excluding hydrogens is 366 g/mol. The molecule has 0 radical (unpaired) electrons. The van der Waals surface area contributed by atoms with Gasteiger partial charge in [-0.2, -0.15) is 5.26 Å². The van der Waals surface area contributed by atoms with Gasteiger partial charge in [0.05, 0.1) is 23.8 Å². The standard InChI is InChI=1S/C19H15N3O6/c1-2-27-18(24)28-19(12-20)15-5-3-4-6-16(15)21(17(19)23)11-13-7-9-14(10-8-13)22(25)26/h3-10H,2,11H2,1H3. The lowest BCUT2D eigenvalue weighted by Gasteiger charge is -2.21. The van der Waals surface area contributed by atoms with Gasteiger partial charge in [0, 0.05) is 17.7 Å². The van der Waals surface area contributed by atoms with Gasteiger partial charge in [-0.3, -0.25) is 14.9 Å². The summed E-state index contributed by atoms with van der Waals surface area (Å²) in [5.41, 5.74) is -0.967. The highest BCUT2D eigenvalue weighted by atomic mass is 16.7. The number of hydrogen-bond acceptors (Lipinski definition) is 7. The molecule has 0 bridgehead atoms. The van der Waals surface area contributed by atoms with Crippen LogP contribution >= 0.6 is 0 Å². The summed E-state index contributed by atoms with van der Waals surface area (Å²) in [5.74, 6) is -0.734. The van der Waals surface area contributed by atoms with Crippen molar-refractivity contribution in [2.75, 3.05) is 11.5 Å². The minimum atomic E-state index is -2.15. The second-order valence-corrected chi connectivity index (χ2v) is 5.91. The number of rotatable bonds is 5. The van der Waals surface area contributed by atoms with E-state index in [1.165, 1.54) is 35.2 Å². The molecule has 1 heterocycles. The number of nitro benzene ring substituents is 1. The molecule has 2 aromatic carbocycles. The summed E-state index contributed by atoms with van der Waals surface area (Å²) < 4.78 is 9.88. The maximum Gasteiger partial charge on any atom is 0.510 e. The molecule has 2 aromatic rings. The molecule has 9 heteroatoms. The molecule has 0 saturated heterocycles. The Kier molecular flexibility index (Phi) is 4.96. The molecule has 0 spiro atoms. The van der Waals surface area contributed by atoms with Gasteiger partial charge >= 0.3 is 11.8 Å². The van der Waals surface area contributed by atoms with Gasteiger partial charge in [0.1, 0.15) is 6.07 Å². The zero-order valence-electron chi connectivity index (χ0n) is 14.8. The minimum absolute atomic E-state index is 0.0304. The van der Waals surface area contributed by atoms with Crippen LogP contribution in [-0.2, 0) is 26.4 Å². The number of anilines is 1. The van der Waals surface area contributed by atoms with Crippen molar-refractivity contribution in [2.24, 2.45) is 0 Å². The second kappa shape index (κ2) is 7.36. The summed E-state index contributed by atoms with van der Waals surface area (Å²) in [6.07, 6.45) is -1.12. The maximum atomic E-state index is 13.1. The number of benzene rings is 2. The van der Waals surface area contributed by atoms with Crippen LogP contribution in [-0.4, -0.2) is 23.6 Å². The molecular formula is C19H15N3O6. The number of para-hydroxylation sites is 1. The first-order valence-electron chi connectivity index (χ1n) is 8.34. The molecule has 28 heavy (non-hydrogen) atoms. The summed E-state index contributed by atoms with van der Waals surface area (Å²) in [4.78, 5) is 36.5. The molecule has 1 atom stereocenters. The van der Waals surface area contributed by atoms with Gasteiger partial charge in [0.25, 0.3) is 11.6 Å². The number of carbonyl (C=O) groups is 2. The van der Waals surface area contributed by atoms with Crippen molar-refractivity contribution in [1.29, 1.82) is 5.26 Å². The lowest BCUT2D eigenvalue weighted by molar-refractivity contribution is -0.384. The number of ether oxygens (including phenoxy) is 2. The number of amides is 1. The van der Waals surface area contributed by atoms with Crippen LogP contribution in [0.1, 0.15) is 18.1 Å². The molecule has 1 amide bonds. The Morgan fingerprint density at radius 3 is 2.54 bits per heavy atom. The van der Waals surface area contributed by atoms with Gasteiger partial charge in [-0.15, -0.1) is 0 Å². The highest BCUT2D eigenvalue weighted by Gasteiger charge is 2.55. The van der Waals surface area contributed by atoms with E-state index in [1.54, 1.807) is 25.1 Å². The van der Waals surface area contributed by atoms with Gasteiger partial charge in [0.15, 0.2) is 0 Å². The van der Waals surface area contributed by atoms with E-state index in [4.69, 9.17) is 9.47 Å². The fourth-order valence-electron chi connectivity index (χ4n) is 2.99. The van der Waals surface area contributed by atoms with Crippen LogP contribution in [0, 0.1) is 21.4 Å². The molecule has 0 fully saturated rings. The number of nitro groups is 1. The SMILES string of the molecule is CCOC(=O)OC1(C#N)C(=O)N(Cc2ccc([N+](=O)[O-])cc2)c2ccccc21. The van der Waals surface area contributed by atoms with E-state index >= 15 is 0 Å². The van der Waals surface area contributed by atoms with E-state index in [1.807, 2.05) is 6.07 Å². The Morgan fingerprint density at radius 1 is 1.25 bits per heavy atom. The summed E-state index contributed by atoms with van der Waals surface area (Å²) in [7, 11) is 0. The van der Waals surface area contributed by atoms with Crippen LogP contribution in [0.4, 0.5) is 16.2 Å². The molecule has 0 aromatic heterocycles. The first-order chi connectivity index (χ1) is 13.4. The molecule has 0 saturated carbocycles. The van der Waals surface area contributed by atoms with Crippen LogP contribution in [0.3, 0.4) is 0 Å². The smallest absolute Gasteiger partial charge is 0.435 e. The quantitative estimate of drug-likeness (QED) is 0.443. The summed E-state index contributed by atoms with van der Waals surface area (Å²) in [5, 5.41) is 20.5. The minimum Gasteiger partial charge on any atom is -0.435 e. The topological polar surface area (TPSA) is 123 Å². The van der Waals surface area contributed by atoms with Crippen LogP contribution < -0.4 is 4.90 Å². The molecule has 0 N–H and O–H groups in total. The van der Waals surface area contributed by atoms with Gasteiger partial charge in [-0.05, 0) is 18.6 Å². The molecule has 1 aliphatic rings. The van der Waals surface area contributed by atoms with Crippen molar-refractivity contribution in [3.05, 3.63) is 69.8 Å². The molecule has 3 rings (SSSR count). The van der Waals surface area contributed by atoms with Crippen LogP contribution in [0.5, 0.6) is 0 Å². The van der Waals surface area contributed by atoms with Gasteiger partial charge in [-0.25, -0.2) is 4.79 Å². The fourth-order valence-corrected chi connectivity index (χ4v) is 2.99. The first kappa shape index (κ1) is 18.8. The Hall–Kier alpha value is -3.93. The summed E-state index contributed by atoms with van der Waals surface area (Å²) in [6.45, 7) is 1.65. The molecule has 0 aliphatic carbocycles. The number of hydrogen-bond donors (Lipinski definition) is 0. The van der Waals surface area contributed by atoms with Crippen molar-refractivity contribution in [3.63, 3.8) is 0 Å². The predicted molar refractivity (Wildman–Crippen MR) is 96.1 cm³/mol. The monoisotopic (exact) mass is 381 g/mol. The van der Waals surface area contributed by atoms with Crippen LogP contribution in [0.2, 0.25) is 0 Å². The number of non-ortho nitro benzene ring substituents is 1. The van der Waals surface area contributed by atoms with E-state index in [-0.39, 0.29) is 24.4 Å². The first-order valence-corrected chi connectivity index (χ1v) is 8.34. The molecule has 9 nitrogen and oxygen atoms in total. The van der Waals surface area contributed by atoms with E-state index in [0.29, 0.717) is 11.3 Å². The van der Waals surface area contributed by atoms with E-state index in [2.05, 4.69) is 0 Å². The van der Waals surface area contributed by atoms with E-state index in [0.717, 1.165) is 0 Å². The highest BCUT2D eigenvalue weighted by Crippen LogP contribution is 2.43. The van der Waals surface area contributed by atoms with Crippen molar-refractivity contribution in [3.8, 4) is 6.07 Å². The summed E-state index contributed by atoms with van der Waals surface area (Å²) >= 11 is 0. The largest absolute Gasteiger partial charge is 0.510 e. The lowest BCUT2D eigenvalue weighted by Crippen LogP contribution is -2.42. The number of nitrogens with zero attached hydrogens (tertiary/aromatic N) is 3. The Bertz CT molecular complexity index is 982. The second-order valence-electron chi connectivity index (χ2n) is 5.91. The third-order valence-electron chi connectivity index (χ3n) is 4.26. The zero-order chi connectivity index (χ0) is 20.3. The Labute approximate surface area is 159 Å². The van der Waals surface area contributed by atoms with Crippen LogP contribution in [0.15, 0.2) is 48.5 Å². The third kappa shape index (κ3) is 3.12. The number of fused-ring (bicyclic) bond motifs is 1. The van der Waals surface area contributed by atoms with E-state index in [9.17, 15) is 25.0 Å².